The van der Waals surface area contributed by atoms with E-state index in [1.165, 1.54) is 41.5 Å². The molecule has 6 nitrogen and oxygen atoms in total. The van der Waals surface area contributed by atoms with Crippen LogP contribution in [-0.2, 0) is 6.54 Å². The smallest absolute Gasteiger partial charge is 0.146 e. The van der Waals surface area contributed by atoms with Gasteiger partial charge in [0.25, 0.3) is 0 Å². The molecule has 3 aromatic heterocycles. The number of thiophene rings is 1. The maximum Gasteiger partial charge on any atom is 0.146 e. The summed E-state index contributed by atoms with van der Waals surface area (Å²) in [5.74, 6) is 3.98. The third-order valence-electron chi connectivity index (χ3n) is 6.91. The van der Waals surface area contributed by atoms with Gasteiger partial charge in [0.1, 0.15) is 22.3 Å². The molecule has 1 unspecified atom stereocenters. The van der Waals surface area contributed by atoms with Crippen LogP contribution in [-0.4, -0.2) is 44.5 Å². The Morgan fingerprint density at radius 1 is 1.10 bits per heavy atom. The average molecular weight is 425 g/mol. The molecule has 1 atom stereocenters. The van der Waals surface area contributed by atoms with Crippen molar-refractivity contribution in [1.82, 2.24) is 24.8 Å². The van der Waals surface area contributed by atoms with Crippen molar-refractivity contribution in [2.24, 2.45) is 5.92 Å². The fraction of sp³-hybridized carbons (Fsp3) is 0.609. The van der Waals surface area contributed by atoms with Crippen LogP contribution in [0.4, 0.5) is 5.82 Å². The van der Waals surface area contributed by atoms with Crippen molar-refractivity contribution < 1.29 is 0 Å². The van der Waals surface area contributed by atoms with Crippen LogP contribution in [0.1, 0.15) is 67.2 Å². The zero-order valence-electron chi connectivity index (χ0n) is 18.3. The normalized spacial score (nSPS) is 21.6. The zero-order chi connectivity index (χ0) is 20.7. The quantitative estimate of drug-likeness (QED) is 0.639. The maximum absolute atomic E-state index is 5.21. The molecule has 0 amide bonds. The Kier molecular flexibility index (Phi) is 5.50. The lowest BCUT2D eigenvalue weighted by Gasteiger charge is -2.36. The molecule has 3 aromatic rings. The third-order valence-corrected chi connectivity index (χ3v) is 8.01. The highest BCUT2D eigenvalue weighted by atomic mass is 32.1. The lowest BCUT2D eigenvalue weighted by atomic mass is 9.99. The first kappa shape index (κ1) is 19.9. The number of aromatic nitrogens is 4. The minimum absolute atomic E-state index is 0.259. The third kappa shape index (κ3) is 3.73. The van der Waals surface area contributed by atoms with Gasteiger partial charge in [-0.1, -0.05) is 6.92 Å². The number of hydrogen-bond donors (Lipinski definition) is 1. The highest BCUT2D eigenvalue weighted by molar-refractivity contribution is 7.18. The lowest BCUT2D eigenvalue weighted by molar-refractivity contribution is 0.181. The molecule has 7 heteroatoms. The largest absolute Gasteiger partial charge is 0.347 e. The molecule has 0 aromatic carbocycles. The number of fused-ring (bicyclic) bond motifs is 1. The van der Waals surface area contributed by atoms with Crippen molar-refractivity contribution in [1.29, 1.82) is 0 Å². The van der Waals surface area contributed by atoms with Crippen LogP contribution in [0.25, 0.3) is 10.2 Å². The molecule has 0 radical (unpaired) electrons. The van der Waals surface area contributed by atoms with E-state index in [0.717, 1.165) is 60.8 Å². The molecule has 30 heavy (non-hydrogen) atoms. The fourth-order valence-corrected chi connectivity index (χ4v) is 5.94. The fourth-order valence-electron chi connectivity index (χ4n) is 4.90. The van der Waals surface area contributed by atoms with E-state index in [1.54, 1.807) is 0 Å². The molecule has 160 valence electrons. The van der Waals surface area contributed by atoms with Crippen LogP contribution in [0.2, 0.25) is 0 Å². The number of likely N-dealkylation sites (tertiary alicyclic amines) is 1. The number of aromatic amines is 1. The van der Waals surface area contributed by atoms with Crippen LogP contribution in [0.5, 0.6) is 0 Å². The second-order valence-corrected chi connectivity index (χ2v) is 10.3. The molecule has 0 bridgehead atoms. The van der Waals surface area contributed by atoms with Crippen LogP contribution in [0.15, 0.2) is 12.4 Å². The van der Waals surface area contributed by atoms with Gasteiger partial charge in [0.15, 0.2) is 0 Å². The summed E-state index contributed by atoms with van der Waals surface area (Å²) in [6.07, 6.45) is 9.89. The van der Waals surface area contributed by atoms with Crippen LogP contribution in [0, 0.1) is 19.8 Å². The predicted octanol–water partition coefficient (Wildman–Crippen LogP) is 4.99. The summed E-state index contributed by atoms with van der Waals surface area (Å²) in [5, 5.41) is 1.24. The standard InChI is InChI=1S/C23H32N6S/c1-15-7-12-28(13-8-15)14-19-26-22(20-16(2)17(3)30-23(20)27-19)29-11-5-4-6-18(29)21-24-9-10-25-21/h9-10,15,18H,4-8,11-14H2,1-3H3,(H,24,25). The second-order valence-electron chi connectivity index (χ2n) is 9.06. The van der Waals surface area contributed by atoms with Crippen LogP contribution in [0.3, 0.4) is 0 Å². The molecular weight excluding hydrogens is 392 g/mol. The van der Waals surface area contributed by atoms with Gasteiger partial charge in [-0.3, -0.25) is 4.90 Å². The molecule has 5 heterocycles. The number of piperidine rings is 2. The van der Waals surface area contributed by atoms with Gasteiger partial charge in [-0.25, -0.2) is 15.0 Å². The Bertz CT molecular complexity index is 1000. The summed E-state index contributed by atoms with van der Waals surface area (Å²) < 4.78 is 0. The number of nitrogens with zero attached hydrogens (tertiary/aromatic N) is 5. The molecule has 0 aliphatic carbocycles. The van der Waals surface area contributed by atoms with E-state index >= 15 is 0 Å². The van der Waals surface area contributed by atoms with Gasteiger partial charge in [0, 0.05) is 23.8 Å². The SMILES string of the molecule is Cc1sc2nc(CN3CCC(C)CC3)nc(N3CCCCC3c3ncc[nH]3)c2c1C. The van der Waals surface area contributed by atoms with E-state index in [2.05, 4.69) is 40.5 Å². The van der Waals surface area contributed by atoms with Gasteiger partial charge < -0.3 is 9.88 Å². The first-order valence-electron chi connectivity index (χ1n) is 11.3. The van der Waals surface area contributed by atoms with E-state index in [1.807, 2.05) is 23.7 Å². The number of nitrogens with one attached hydrogen (secondary N) is 1. The van der Waals surface area contributed by atoms with E-state index < -0.39 is 0 Å². The first-order valence-corrected chi connectivity index (χ1v) is 12.2. The Hall–Kier alpha value is -1.99. The van der Waals surface area contributed by atoms with E-state index in [9.17, 15) is 0 Å². The minimum atomic E-state index is 0.259. The summed E-state index contributed by atoms with van der Waals surface area (Å²) in [6, 6.07) is 0.259. The topological polar surface area (TPSA) is 60.9 Å². The van der Waals surface area contributed by atoms with Crippen molar-refractivity contribution in [3.05, 3.63) is 34.5 Å². The van der Waals surface area contributed by atoms with Gasteiger partial charge in [0.05, 0.1) is 18.0 Å². The predicted molar refractivity (Wildman–Crippen MR) is 123 cm³/mol. The molecule has 0 saturated carbocycles. The second kappa shape index (κ2) is 8.27. The van der Waals surface area contributed by atoms with E-state index in [0.29, 0.717) is 0 Å². The number of hydrogen-bond acceptors (Lipinski definition) is 6. The molecule has 5 rings (SSSR count). The molecule has 2 aliphatic heterocycles. The van der Waals surface area contributed by atoms with Crippen molar-refractivity contribution in [2.75, 3.05) is 24.5 Å². The van der Waals surface area contributed by atoms with Gasteiger partial charge >= 0.3 is 0 Å². The first-order chi connectivity index (χ1) is 14.6. The van der Waals surface area contributed by atoms with Gasteiger partial charge in [-0.05, 0) is 70.5 Å². The van der Waals surface area contributed by atoms with Gasteiger partial charge in [-0.2, -0.15) is 0 Å². The maximum atomic E-state index is 5.21. The highest BCUT2D eigenvalue weighted by Gasteiger charge is 2.30. The van der Waals surface area contributed by atoms with Crippen LogP contribution < -0.4 is 4.90 Å². The Morgan fingerprint density at radius 3 is 2.70 bits per heavy atom. The summed E-state index contributed by atoms with van der Waals surface area (Å²) in [5.41, 5.74) is 1.33. The molecule has 1 N–H and O–H groups in total. The van der Waals surface area contributed by atoms with Gasteiger partial charge in [0.2, 0.25) is 0 Å². The Morgan fingerprint density at radius 2 is 1.93 bits per heavy atom. The number of anilines is 1. The zero-order valence-corrected chi connectivity index (χ0v) is 19.1. The highest BCUT2D eigenvalue weighted by Crippen LogP contribution is 2.40. The summed E-state index contributed by atoms with van der Waals surface area (Å²) in [6.45, 7) is 11.0. The molecule has 0 spiro atoms. The molecular formula is C23H32N6S. The minimum Gasteiger partial charge on any atom is -0.347 e. The van der Waals surface area contributed by atoms with Crippen molar-refractivity contribution in [3.63, 3.8) is 0 Å². The van der Waals surface area contributed by atoms with Crippen molar-refractivity contribution in [2.45, 2.75) is 65.5 Å². The number of H-pyrrole nitrogens is 1. The summed E-state index contributed by atoms with van der Waals surface area (Å²) in [4.78, 5) is 25.7. The Balaban J connectivity index is 1.55. The van der Waals surface area contributed by atoms with E-state index in [4.69, 9.17) is 9.97 Å². The number of rotatable bonds is 4. The van der Waals surface area contributed by atoms with Crippen molar-refractivity contribution >= 4 is 27.4 Å². The molecule has 2 fully saturated rings. The summed E-state index contributed by atoms with van der Waals surface area (Å²) in [7, 11) is 0. The molecule has 2 aliphatic rings. The number of aryl methyl sites for hydroxylation is 2. The Labute approximate surface area is 182 Å². The van der Waals surface area contributed by atoms with Crippen LogP contribution >= 0.6 is 11.3 Å². The summed E-state index contributed by atoms with van der Waals surface area (Å²) >= 11 is 1.81. The van der Waals surface area contributed by atoms with Gasteiger partial charge in [-0.15, -0.1) is 11.3 Å². The lowest BCUT2D eigenvalue weighted by Crippen LogP contribution is -2.36. The van der Waals surface area contributed by atoms with Crippen molar-refractivity contribution in [3.8, 4) is 0 Å². The number of imidazole rings is 1. The monoisotopic (exact) mass is 424 g/mol. The van der Waals surface area contributed by atoms with E-state index in [-0.39, 0.29) is 6.04 Å². The average Bonchev–Trinajstić information content (AvgIpc) is 3.38. The molecule has 2 saturated heterocycles.